The summed E-state index contributed by atoms with van der Waals surface area (Å²) in [5.41, 5.74) is 5.83. The SMILES string of the molecule is CCCCNC(=O)CN(C)C1CCCCC1CN. The Morgan fingerprint density at radius 3 is 2.78 bits per heavy atom. The van der Waals surface area contributed by atoms with Crippen molar-refractivity contribution in [3.8, 4) is 0 Å². The van der Waals surface area contributed by atoms with Gasteiger partial charge in [0.1, 0.15) is 0 Å². The van der Waals surface area contributed by atoms with E-state index in [2.05, 4.69) is 24.2 Å². The van der Waals surface area contributed by atoms with Crippen LogP contribution in [0.5, 0.6) is 0 Å². The topological polar surface area (TPSA) is 58.4 Å². The second-order valence-corrected chi connectivity index (χ2v) is 5.47. The minimum absolute atomic E-state index is 0.146. The number of nitrogens with zero attached hydrogens (tertiary/aromatic N) is 1. The van der Waals surface area contributed by atoms with Crippen molar-refractivity contribution in [3.63, 3.8) is 0 Å². The third-order valence-electron chi connectivity index (χ3n) is 3.98. The van der Waals surface area contributed by atoms with Crippen LogP contribution in [-0.4, -0.2) is 43.5 Å². The molecule has 4 heteroatoms. The predicted octanol–water partition coefficient (Wildman–Crippen LogP) is 1.35. The molecule has 2 unspecified atom stereocenters. The first-order valence-electron chi connectivity index (χ1n) is 7.36. The number of unbranched alkanes of at least 4 members (excludes halogenated alkanes) is 1. The molecule has 0 spiro atoms. The first-order chi connectivity index (χ1) is 8.69. The molecule has 1 saturated carbocycles. The predicted molar refractivity (Wildman–Crippen MR) is 75.3 cm³/mol. The first-order valence-corrected chi connectivity index (χ1v) is 7.36. The number of hydrogen-bond donors (Lipinski definition) is 2. The maximum Gasteiger partial charge on any atom is 0.234 e. The zero-order chi connectivity index (χ0) is 13.4. The van der Waals surface area contributed by atoms with Crippen LogP contribution in [0.3, 0.4) is 0 Å². The molecule has 1 amide bonds. The number of rotatable bonds is 7. The van der Waals surface area contributed by atoms with Crippen LogP contribution in [0.1, 0.15) is 45.4 Å². The molecule has 1 fully saturated rings. The molecule has 106 valence electrons. The Balaban J connectivity index is 2.33. The van der Waals surface area contributed by atoms with Crippen molar-refractivity contribution in [2.24, 2.45) is 11.7 Å². The molecule has 4 nitrogen and oxygen atoms in total. The van der Waals surface area contributed by atoms with E-state index in [0.29, 0.717) is 18.5 Å². The second-order valence-electron chi connectivity index (χ2n) is 5.47. The largest absolute Gasteiger partial charge is 0.355 e. The van der Waals surface area contributed by atoms with E-state index in [1.165, 1.54) is 25.7 Å². The van der Waals surface area contributed by atoms with Gasteiger partial charge in [0.15, 0.2) is 0 Å². The minimum Gasteiger partial charge on any atom is -0.355 e. The van der Waals surface area contributed by atoms with E-state index in [4.69, 9.17) is 5.73 Å². The lowest BCUT2D eigenvalue weighted by molar-refractivity contribution is -0.122. The summed E-state index contributed by atoms with van der Waals surface area (Å²) in [6.07, 6.45) is 7.12. The second kappa shape index (κ2) is 8.48. The molecule has 0 aromatic rings. The van der Waals surface area contributed by atoms with Gasteiger partial charge in [0.2, 0.25) is 5.91 Å². The molecule has 1 aliphatic carbocycles. The quantitative estimate of drug-likeness (QED) is 0.675. The molecule has 2 atom stereocenters. The van der Waals surface area contributed by atoms with E-state index < -0.39 is 0 Å². The van der Waals surface area contributed by atoms with Gasteiger partial charge in [-0.05, 0) is 38.8 Å². The minimum atomic E-state index is 0.146. The summed E-state index contributed by atoms with van der Waals surface area (Å²) in [5, 5.41) is 2.97. The Bertz CT molecular complexity index is 245. The Labute approximate surface area is 111 Å². The van der Waals surface area contributed by atoms with E-state index >= 15 is 0 Å². The lowest BCUT2D eigenvalue weighted by atomic mass is 9.84. The van der Waals surface area contributed by atoms with Crippen LogP contribution in [0.15, 0.2) is 0 Å². The van der Waals surface area contributed by atoms with Crippen molar-refractivity contribution < 1.29 is 4.79 Å². The maximum atomic E-state index is 11.8. The van der Waals surface area contributed by atoms with Crippen molar-refractivity contribution in [2.75, 3.05) is 26.7 Å². The van der Waals surface area contributed by atoms with E-state index in [1.807, 2.05) is 0 Å². The molecular weight excluding hydrogens is 226 g/mol. The van der Waals surface area contributed by atoms with Crippen molar-refractivity contribution in [3.05, 3.63) is 0 Å². The van der Waals surface area contributed by atoms with Gasteiger partial charge in [-0.25, -0.2) is 0 Å². The van der Waals surface area contributed by atoms with E-state index in [0.717, 1.165) is 25.9 Å². The van der Waals surface area contributed by atoms with Crippen LogP contribution < -0.4 is 11.1 Å². The van der Waals surface area contributed by atoms with Gasteiger partial charge in [-0.2, -0.15) is 0 Å². The Hall–Kier alpha value is -0.610. The van der Waals surface area contributed by atoms with Crippen molar-refractivity contribution >= 4 is 5.91 Å². The van der Waals surface area contributed by atoms with Gasteiger partial charge in [0.05, 0.1) is 6.54 Å². The van der Waals surface area contributed by atoms with Crippen molar-refractivity contribution in [1.82, 2.24) is 10.2 Å². The molecule has 0 radical (unpaired) electrons. The molecule has 3 N–H and O–H groups in total. The zero-order valence-electron chi connectivity index (χ0n) is 12.0. The zero-order valence-corrected chi connectivity index (χ0v) is 12.0. The third kappa shape index (κ3) is 4.94. The van der Waals surface area contributed by atoms with Gasteiger partial charge in [-0.15, -0.1) is 0 Å². The van der Waals surface area contributed by atoms with Crippen LogP contribution in [0, 0.1) is 5.92 Å². The summed E-state index contributed by atoms with van der Waals surface area (Å²) in [7, 11) is 2.05. The molecule has 18 heavy (non-hydrogen) atoms. The number of carbonyl (C=O) groups excluding carboxylic acids is 1. The number of carbonyl (C=O) groups is 1. The van der Waals surface area contributed by atoms with Crippen LogP contribution in [-0.2, 0) is 4.79 Å². The summed E-state index contributed by atoms with van der Waals surface area (Å²) in [4.78, 5) is 14.0. The fourth-order valence-electron chi connectivity index (χ4n) is 2.85. The Morgan fingerprint density at radius 2 is 2.11 bits per heavy atom. The van der Waals surface area contributed by atoms with Crippen LogP contribution in [0.2, 0.25) is 0 Å². The average molecular weight is 255 g/mol. The van der Waals surface area contributed by atoms with Gasteiger partial charge in [0, 0.05) is 12.6 Å². The molecule has 0 bridgehead atoms. The highest BCUT2D eigenvalue weighted by Crippen LogP contribution is 2.26. The van der Waals surface area contributed by atoms with E-state index in [9.17, 15) is 4.79 Å². The molecule has 0 saturated heterocycles. The number of amides is 1. The Kier molecular flexibility index (Phi) is 7.28. The highest BCUT2D eigenvalue weighted by molar-refractivity contribution is 5.77. The first kappa shape index (κ1) is 15.4. The normalized spacial score (nSPS) is 24.2. The number of nitrogens with two attached hydrogens (primary N) is 1. The molecule has 0 aromatic carbocycles. The van der Waals surface area contributed by atoms with Gasteiger partial charge in [0.25, 0.3) is 0 Å². The molecular formula is C14H29N3O. The van der Waals surface area contributed by atoms with Crippen molar-refractivity contribution in [1.29, 1.82) is 0 Å². The molecule has 0 aliphatic heterocycles. The van der Waals surface area contributed by atoms with Gasteiger partial charge in [-0.1, -0.05) is 26.2 Å². The summed E-state index contributed by atoms with van der Waals surface area (Å²) in [6, 6.07) is 0.487. The highest BCUT2D eigenvalue weighted by Gasteiger charge is 2.27. The number of hydrogen-bond acceptors (Lipinski definition) is 3. The van der Waals surface area contributed by atoms with Crippen molar-refractivity contribution in [2.45, 2.75) is 51.5 Å². The standard InChI is InChI=1S/C14H29N3O/c1-3-4-9-16-14(18)11-17(2)13-8-6-5-7-12(13)10-15/h12-13H,3-11,15H2,1-2H3,(H,16,18). The smallest absolute Gasteiger partial charge is 0.234 e. The monoisotopic (exact) mass is 255 g/mol. The van der Waals surface area contributed by atoms with Crippen LogP contribution >= 0.6 is 0 Å². The summed E-state index contributed by atoms with van der Waals surface area (Å²) < 4.78 is 0. The summed E-state index contributed by atoms with van der Waals surface area (Å²) >= 11 is 0. The van der Waals surface area contributed by atoms with Crippen LogP contribution in [0.4, 0.5) is 0 Å². The molecule has 1 rings (SSSR count). The maximum absolute atomic E-state index is 11.8. The van der Waals surface area contributed by atoms with Gasteiger partial charge in [-0.3, -0.25) is 9.69 Å². The third-order valence-corrected chi connectivity index (χ3v) is 3.98. The summed E-state index contributed by atoms with van der Waals surface area (Å²) in [5.74, 6) is 0.708. The van der Waals surface area contributed by atoms with E-state index in [1.54, 1.807) is 0 Å². The van der Waals surface area contributed by atoms with E-state index in [-0.39, 0.29) is 5.91 Å². The van der Waals surface area contributed by atoms with Gasteiger partial charge < -0.3 is 11.1 Å². The lowest BCUT2D eigenvalue weighted by Crippen LogP contribution is -2.47. The Morgan fingerprint density at radius 1 is 1.39 bits per heavy atom. The molecule has 0 aromatic heterocycles. The van der Waals surface area contributed by atoms with Gasteiger partial charge >= 0.3 is 0 Å². The highest BCUT2D eigenvalue weighted by atomic mass is 16.2. The molecule has 1 aliphatic rings. The summed E-state index contributed by atoms with van der Waals surface area (Å²) in [6.45, 7) is 4.18. The number of likely N-dealkylation sites (N-methyl/N-ethyl adjacent to an activating group) is 1. The van der Waals surface area contributed by atoms with Crippen LogP contribution in [0.25, 0.3) is 0 Å². The fourth-order valence-corrected chi connectivity index (χ4v) is 2.85. The molecule has 0 heterocycles. The fraction of sp³-hybridized carbons (Fsp3) is 0.929. The lowest BCUT2D eigenvalue weighted by Gasteiger charge is -2.37. The average Bonchev–Trinajstić information content (AvgIpc) is 2.39. The number of nitrogens with one attached hydrogen (secondary N) is 1.